The van der Waals surface area contributed by atoms with Crippen molar-refractivity contribution in [1.82, 2.24) is 9.88 Å². The molecule has 1 saturated heterocycles. The van der Waals surface area contributed by atoms with Gasteiger partial charge in [-0.25, -0.2) is 4.79 Å². The Balaban J connectivity index is 1.55. The Kier molecular flexibility index (Phi) is 4.11. The quantitative estimate of drug-likeness (QED) is 0.888. The van der Waals surface area contributed by atoms with Gasteiger partial charge in [-0.05, 0) is 55.5 Å². The summed E-state index contributed by atoms with van der Waals surface area (Å²) in [4.78, 5) is 30.0. The maximum atomic E-state index is 12.8. The number of fused-ring (bicyclic) bond motifs is 2. The van der Waals surface area contributed by atoms with E-state index in [9.17, 15) is 14.7 Å². The third-order valence-electron chi connectivity index (χ3n) is 5.58. The molecule has 1 aromatic carbocycles. The fraction of sp³-hybridized carbons (Fsp3) is 0.350. The van der Waals surface area contributed by atoms with Crippen molar-refractivity contribution in [3.8, 4) is 11.3 Å². The molecular weight excluding hydrogens is 330 g/mol. The number of carbonyl (C=O) groups excluding carboxylic acids is 1. The van der Waals surface area contributed by atoms with E-state index in [0.717, 1.165) is 35.3 Å². The standard InChI is InChI=1S/C20H21N3O3/c1-12-5-7-14(10-15(12)16-4-2-3-9-21-16)22-19(24)18-13-6-8-17(18)23(11-13)20(25)26/h2-5,7,9-10,13,17-18H,6,8,11H2,1H3,(H,22,24)(H,25,26). The molecular formula is C20H21N3O3. The first kappa shape index (κ1) is 16.6. The number of aryl methyl sites for hydroxylation is 1. The summed E-state index contributed by atoms with van der Waals surface area (Å²) in [5.74, 6) is -0.223. The average Bonchev–Trinajstić information content (AvgIpc) is 3.22. The largest absolute Gasteiger partial charge is 0.465 e. The van der Waals surface area contributed by atoms with Crippen molar-refractivity contribution in [3.05, 3.63) is 48.2 Å². The predicted octanol–water partition coefficient (Wildman–Crippen LogP) is 3.38. The van der Waals surface area contributed by atoms with Gasteiger partial charge >= 0.3 is 6.09 Å². The van der Waals surface area contributed by atoms with Crippen molar-refractivity contribution in [2.45, 2.75) is 25.8 Å². The van der Waals surface area contributed by atoms with Crippen molar-refractivity contribution in [3.63, 3.8) is 0 Å². The second kappa shape index (κ2) is 6.44. The fourth-order valence-electron chi connectivity index (χ4n) is 4.33. The van der Waals surface area contributed by atoms with Gasteiger partial charge in [-0.2, -0.15) is 0 Å². The van der Waals surface area contributed by atoms with Crippen LogP contribution in [0.1, 0.15) is 18.4 Å². The highest BCUT2D eigenvalue weighted by Gasteiger charge is 2.52. The van der Waals surface area contributed by atoms with Crippen LogP contribution in [0.15, 0.2) is 42.6 Å². The second-order valence-electron chi connectivity index (χ2n) is 7.10. The molecule has 3 atom stereocenters. The first-order valence-corrected chi connectivity index (χ1v) is 8.87. The number of hydrogen-bond donors (Lipinski definition) is 2. The summed E-state index contributed by atoms with van der Waals surface area (Å²) >= 11 is 0. The van der Waals surface area contributed by atoms with Gasteiger partial charge in [0, 0.05) is 30.0 Å². The summed E-state index contributed by atoms with van der Waals surface area (Å²) in [6.45, 7) is 2.47. The number of carbonyl (C=O) groups is 2. The van der Waals surface area contributed by atoms with Gasteiger partial charge in [0.15, 0.2) is 0 Å². The molecule has 134 valence electrons. The van der Waals surface area contributed by atoms with E-state index >= 15 is 0 Å². The molecule has 2 heterocycles. The van der Waals surface area contributed by atoms with Crippen LogP contribution in [0.25, 0.3) is 11.3 Å². The lowest BCUT2D eigenvalue weighted by Crippen LogP contribution is -2.39. The topological polar surface area (TPSA) is 82.5 Å². The molecule has 1 saturated carbocycles. The minimum Gasteiger partial charge on any atom is -0.465 e. The summed E-state index contributed by atoms with van der Waals surface area (Å²) < 4.78 is 0. The Morgan fingerprint density at radius 3 is 2.77 bits per heavy atom. The molecule has 6 nitrogen and oxygen atoms in total. The zero-order chi connectivity index (χ0) is 18.3. The van der Waals surface area contributed by atoms with Crippen molar-refractivity contribution >= 4 is 17.7 Å². The second-order valence-corrected chi connectivity index (χ2v) is 7.10. The van der Waals surface area contributed by atoms with Crippen LogP contribution in [0.5, 0.6) is 0 Å². The Hall–Kier alpha value is -2.89. The van der Waals surface area contributed by atoms with Crippen molar-refractivity contribution in [1.29, 1.82) is 0 Å². The van der Waals surface area contributed by atoms with Gasteiger partial charge in [-0.15, -0.1) is 0 Å². The monoisotopic (exact) mass is 351 g/mol. The summed E-state index contributed by atoms with van der Waals surface area (Å²) in [5.41, 5.74) is 3.64. The number of rotatable bonds is 3. The molecule has 2 bridgehead atoms. The van der Waals surface area contributed by atoms with E-state index in [1.54, 1.807) is 6.20 Å². The molecule has 1 aliphatic heterocycles. The van der Waals surface area contributed by atoms with Crippen LogP contribution in [-0.4, -0.2) is 39.6 Å². The first-order valence-electron chi connectivity index (χ1n) is 8.87. The first-order chi connectivity index (χ1) is 12.5. The van der Waals surface area contributed by atoms with Crippen LogP contribution in [0.4, 0.5) is 10.5 Å². The van der Waals surface area contributed by atoms with Gasteiger partial charge in [0.25, 0.3) is 0 Å². The SMILES string of the molecule is Cc1ccc(NC(=O)C2C3CCC2N(C(=O)O)C3)cc1-c1ccccn1. The Morgan fingerprint density at radius 1 is 1.23 bits per heavy atom. The predicted molar refractivity (Wildman–Crippen MR) is 97.8 cm³/mol. The zero-order valence-corrected chi connectivity index (χ0v) is 14.6. The molecule has 6 heteroatoms. The third-order valence-corrected chi connectivity index (χ3v) is 5.58. The lowest BCUT2D eigenvalue weighted by molar-refractivity contribution is -0.120. The van der Waals surface area contributed by atoms with E-state index in [1.165, 1.54) is 4.90 Å². The van der Waals surface area contributed by atoms with Gasteiger partial charge in [-0.1, -0.05) is 12.1 Å². The van der Waals surface area contributed by atoms with Gasteiger partial charge in [0.05, 0.1) is 11.6 Å². The summed E-state index contributed by atoms with van der Waals surface area (Å²) in [6, 6.07) is 11.3. The van der Waals surface area contributed by atoms with Gasteiger partial charge < -0.3 is 15.3 Å². The van der Waals surface area contributed by atoms with E-state index in [4.69, 9.17) is 0 Å². The molecule has 2 aromatic rings. The van der Waals surface area contributed by atoms with Gasteiger partial charge in [-0.3, -0.25) is 9.78 Å². The number of amides is 2. The molecule has 4 rings (SSSR count). The summed E-state index contributed by atoms with van der Waals surface area (Å²) in [7, 11) is 0. The average molecular weight is 351 g/mol. The lowest BCUT2D eigenvalue weighted by atomic mass is 9.97. The number of carboxylic acid groups (broad SMARTS) is 1. The maximum Gasteiger partial charge on any atom is 0.407 e. The minimum absolute atomic E-state index is 0.0860. The molecule has 0 radical (unpaired) electrons. The van der Waals surface area contributed by atoms with Crippen LogP contribution in [0.2, 0.25) is 0 Å². The molecule has 3 unspecified atom stereocenters. The van der Waals surface area contributed by atoms with E-state index in [2.05, 4.69) is 10.3 Å². The molecule has 2 amide bonds. The van der Waals surface area contributed by atoms with E-state index < -0.39 is 6.09 Å². The normalized spacial score (nSPS) is 23.9. The number of nitrogens with one attached hydrogen (secondary N) is 1. The fourth-order valence-corrected chi connectivity index (χ4v) is 4.33. The van der Waals surface area contributed by atoms with Crippen LogP contribution in [0, 0.1) is 18.8 Å². The molecule has 2 N–H and O–H groups in total. The Bertz CT molecular complexity index is 853. The van der Waals surface area contributed by atoms with Crippen molar-refractivity contribution < 1.29 is 14.7 Å². The third kappa shape index (κ3) is 2.81. The molecule has 0 spiro atoms. The molecule has 26 heavy (non-hydrogen) atoms. The van der Waals surface area contributed by atoms with Crippen LogP contribution < -0.4 is 5.32 Å². The van der Waals surface area contributed by atoms with Gasteiger partial charge in [0.2, 0.25) is 5.91 Å². The van der Waals surface area contributed by atoms with E-state index in [1.807, 2.05) is 43.3 Å². The highest BCUT2D eigenvalue weighted by molar-refractivity contribution is 5.95. The lowest BCUT2D eigenvalue weighted by Gasteiger charge is -2.24. The number of pyridine rings is 1. The number of aromatic nitrogens is 1. The minimum atomic E-state index is -0.928. The van der Waals surface area contributed by atoms with Crippen molar-refractivity contribution in [2.24, 2.45) is 11.8 Å². The summed E-state index contributed by atoms with van der Waals surface area (Å²) in [5, 5.41) is 12.3. The number of nitrogens with zero attached hydrogens (tertiary/aromatic N) is 2. The number of benzene rings is 1. The number of hydrogen-bond acceptors (Lipinski definition) is 3. The van der Waals surface area contributed by atoms with Crippen molar-refractivity contribution in [2.75, 3.05) is 11.9 Å². The van der Waals surface area contributed by atoms with Crippen LogP contribution in [0.3, 0.4) is 0 Å². The number of piperidine rings is 1. The molecule has 1 aliphatic carbocycles. The maximum absolute atomic E-state index is 12.8. The Labute approximate surface area is 151 Å². The van der Waals surface area contributed by atoms with Crippen LogP contribution >= 0.6 is 0 Å². The van der Waals surface area contributed by atoms with Crippen LogP contribution in [-0.2, 0) is 4.79 Å². The van der Waals surface area contributed by atoms with E-state index in [0.29, 0.717) is 6.54 Å². The number of likely N-dealkylation sites (tertiary alicyclic amines) is 1. The zero-order valence-electron chi connectivity index (χ0n) is 14.6. The highest BCUT2D eigenvalue weighted by atomic mass is 16.4. The molecule has 2 aliphatic rings. The van der Waals surface area contributed by atoms with E-state index in [-0.39, 0.29) is 23.8 Å². The molecule has 1 aromatic heterocycles. The molecule has 2 fully saturated rings. The highest BCUT2D eigenvalue weighted by Crippen LogP contribution is 2.43. The smallest absolute Gasteiger partial charge is 0.407 e. The van der Waals surface area contributed by atoms with Gasteiger partial charge in [0.1, 0.15) is 0 Å². The Morgan fingerprint density at radius 2 is 2.08 bits per heavy atom. The summed E-state index contributed by atoms with van der Waals surface area (Å²) in [6.07, 6.45) is 2.50. The number of anilines is 1.